The summed E-state index contributed by atoms with van der Waals surface area (Å²) in [7, 11) is 0. The predicted octanol–water partition coefficient (Wildman–Crippen LogP) is 2.71. The Kier molecular flexibility index (Phi) is 5.11. The van der Waals surface area contributed by atoms with Gasteiger partial charge in [-0.15, -0.1) is 5.10 Å². The molecule has 1 amide bonds. The summed E-state index contributed by atoms with van der Waals surface area (Å²) >= 11 is 0. The third-order valence-electron chi connectivity index (χ3n) is 4.80. The monoisotopic (exact) mass is 397 g/mol. The van der Waals surface area contributed by atoms with E-state index in [1.54, 1.807) is 12.1 Å². The average Bonchev–Trinajstić information content (AvgIpc) is 3.33. The van der Waals surface area contributed by atoms with Crippen LogP contribution in [-0.2, 0) is 14.3 Å². The number of hydrogen-bond acceptors (Lipinski definition) is 6. The summed E-state index contributed by atoms with van der Waals surface area (Å²) in [5.41, 5.74) is 1.47. The first-order valence-corrected chi connectivity index (χ1v) is 9.31. The second kappa shape index (κ2) is 7.86. The fraction of sp³-hybridized carbons (Fsp3) is 0.300. The highest BCUT2D eigenvalue weighted by Gasteiger charge is 2.28. The Hall–Kier alpha value is -3.49. The number of amides is 1. The van der Waals surface area contributed by atoms with Crippen LogP contribution in [0.2, 0.25) is 0 Å². The summed E-state index contributed by atoms with van der Waals surface area (Å²) < 4.78 is 19.9. The summed E-state index contributed by atoms with van der Waals surface area (Å²) in [6.45, 7) is 1.65. The SMILES string of the molecule is CC(=O)OCC(=O)Nc1cnc2ccc(N3CCC[C@@H]3c3cccc(F)c3)nn12. The fourth-order valence-corrected chi connectivity index (χ4v) is 3.55. The molecule has 1 atom stereocenters. The molecule has 1 N–H and O–H groups in total. The van der Waals surface area contributed by atoms with Gasteiger partial charge in [-0.3, -0.25) is 9.59 Å². The average molecular weight is 397 g/mol. The number of fused-ring (bicyclic) bond motifs is 1. The van der Waals surface area contributed by atoms with Gasteiger partial charge in [0.2, 0.25) is 0 Å². The van der Waals surface area contributed by atoms with E-state index in [9.17, 15) is 14.0 Å². The highest BCUT2D eigenvalue weighted by Crippen LogP contribution is 2.35. The van der Waals surface area contributed by atoms with Crippen molar-refractivity contribution in [3.63, 3.8) is 0 Å². The van der Waals surface area contributed by atoms with Crippen molar-refractivity contribution in [2.24, 2.45) is 0 Å². The van der Waals surface area contributed by atoms with Gasteiger partial charge < -0.3 is 15.0 Å². The van der Waals surface area contributed by atoms with E-state index in [0.29, 0.717) is 17.3 Å². The number of anilines is 2. The molecule has 0 bridgehead atoms. The van der Waals surface area contributed by atoms with Crippen LogP contribution in [0.15, 0.2) is 42.6 Å². The maximum atomic E-state index is 13.7. The molecule has 4 rings (SSSR count). The van der Waals surface area contributed by atoms with Crippen LogP contribution < -0.4 is 10.2 Å². The number of aromatic nitrogens is 3. The van der Waals surface area contributed by atoms with Gasteiger partial charge in [-0.05, 0) is 42.7 Å². The van der Waals surface area contributed by atoms with Crippen molar-refractivity contribution in [2.45, 2.75) is 25.8 Å². The molecular formula is C20H20FN5O3. The maximum absolute atomic E-state index is 13.7. The Morgan fingerprint density at radius 2 is 2.17 bits per heavy atom. The Morgan fingerprint density at radius 1 is 1.31 bits per heavy atom. The third-order valence-corrected chi connectivity index (χ3v) is 4.80. The molecule has 150 valence electrons. The zero-order chi connectivity index (χ0) is 20.4. The Balaban J connectivity index is 1.59. The Bertz CT molecular complexity index is 1070. The second-order valence-corrected chi connectivity index (χ2v) is 6.84. The number of carbonyl (C=O) groups excluding carboxylic acids is 2. The summed E-state index contributed by atoms with van der Waals surface area (Å²) in [4.78, 5) is 29.2. The molecule has 3 heterocycles. The van der Waals surface area contributed by atoms with Crippen molar-refractivity contribution in [1.29, 1.82) is 0 Å². The fourth-order valence-electron chi connectivity index (χ4n) is 3.55. The first-order chi connectivity index (χ1) is 14.0. The van der Waals surface area contributed by atoms with Crippen LogP contribution in [0.4, 0.5) is 16.0 Å². The highest BCUT2D eigenvalue weighted by atomic mass is 19.1. The van der Waals surface area contributed by atoms with E-state index in [-0.39, 0.29) is 18.5 Å². The standard InChI is InChI=1S/C20H20FN5O3/c1-13(27)29-12-20(28)23-19-11-22-17-7-8-18(24-26(17)19)25-9-3-6-16(25)14-4-2-5-15(21)10-14/h2,4-5,7-8,10-11,16H,3,6,9,12H2,1H3,(H,23,28)/t16-/m1/s1. The van der Waals surface area contributed by atoms with Crippen molar-refractivity contribution in [1.82, 2.24) is 14.6 Å². The van der Waals surface area contributed by atoms with Crippen molar-refractivity contribution < 1.29 is 18.7 Å². The van der Waals surface area contributed by atoms with E-state index in [1.165, 1.54) is 23.7 Å². The summed E-state index contributed by atoms with van der Waals surface area (Å²) in [6.07, 6.45) is 3.36. The van der Waals surface area contributed by atoms with Crippen LogP contribution >= 0.6 is 0 Å². The summed E-state index contributed by atoms with van der Waals surface area (Å²) in [5.74, 6) is -0.187. The lowest BCUT2D eigenvalue weighted by Gasteiger charge is -2.26. The van der Waals surface area contributed by atoms with Gasteiger partial charge in [-0.1, -0.05) is 12.1 Å². The first kappa shape index (κ1) is 18.9. The number of carbonyl (C=O) groups is 2. The molecule has 1 fully saturated rings. The van der Waals surface area contributed by atoms with E-state index in [4.69, 9.17) is 4.74 Å². The van der Waals surface area contributed by atoms with Crippen LogP contribution in [0.25, 0.3) is 5.65 Å². The number of esters is 1. The number of hydrogen-bond donors (Lipinski definition) is 1. The topological polar surface area (TPSA) is 88.8 Å². The smallest absolute Gasteiger partial charge is 0.303 e. The minimum absolute atomic E-state index is 0.0289. The molecule has 9 heteroatoms. The van der Waals surface area contributed by atoms with Gasteiger partial charge in [0, 0.05) is 13.5 Å². The lowest BCUT2D eigenvalue weighted by molar-refractivity contribution is -0.144. The molecule has 1 saturated heterocycles. The Labute approximate surface area is 166 Å². The van der Waals surface area contributed by atoms with Gasteiger partial charge >= 0.3 is 5.97 Å². The first-order valence-electron chi connectivity index (χ1n) is 9.31. The number of ether oxygens (including phenoxy) is 1. The summed E-state index contributed by atoms with van der Waals surface area (Å²) in [6, 6.07) is 10.3. The number of imidazole rings is 1. The summed E-state index contributed by atoms with van der Waals surface area (Å²) in [5, 5.41) is 7.27. The lowest BCUT2D eigenvalue weighted by Crippen LogP contribution is -2.25. The molecule has 0 aliphatic carbocycles. The van der Waals surface area contributed by atoms with Crippen LogP contribution in [0.5, 0.6) is 0 Å². The zero-order valence-electron chi connectivity index (χ0n) is 15.8. The Morgan fingerprint density at radius 3 is 2.97 bits per heavy atom. The molecule has 1 aliphatic heterocycles. The van der Waals surface area contributed by atoms with E-state index in [1.807, 2.05) is 18.2 Å². The van der Waals surface area contributed by atoms with Crippen molar-refractivity contribution in [3.05, 3.63) is 54.0 Å². The predicted molar refractivity (Wildman–Crippen MR) is 104 cm³/mol. The molecule has 29 heavy (non-hydrogen) atoms. The molecule has 2 aromatic heterocycles. The molecular weight excluding hydrogens is 377 g/mol. The minimum atomic E-state index is -0.531. The molecule has 0 radical (unpaired) electrons. The number of halogens is 1. The molecule has 0 spiro atoms. The number of rotatable bonds is 5. The lowest BCUT2D eigenvalue weighted by atomic mass is 10.0. The number of nitrogens with one attached hydrogen (secondary N) is 1. The number of nitrogens with zero attached hydrogens (tertiary/aromatic N) is 4. The van der Waals surface area contributed by atoms with Crippen molar-refractivity contribution in [2.75, 3.05) is 23.4 Å². The second-order valence-electron chi connectivity index (χ2n) is 6.84. The van der Waals surface area contributed by atoms with Crippen LogP contribution in [-0.4, -0.2) is 39.6 Å². The van der Waals surface area contributed by atoms with Gasteiger partial charge in [0.1, 0.15) is 11.6 Å². The normalized spacial score (nSPS) is 16.2. The number of benzene rings is 1. The van der Waals surface area contributed by atoms with Gasteiger partial charge in [-0.25, -0.2) is 9.37 Å². The van der Waals surface area contributed by atoms with Gasteiger partial charge in [0.25, 0.3) is 5.91 Å². The largest absolute Gasteiger partial charge is 0.456 e. The van der Waals surface area contributed by atoms with E-state index in [0.717, 1.165) is 24.9 Å². The van der Waals surface area contributed by atoms with E-state index in [2.05, 4.69) is 20.3 Å². The van der Waals surface area contributed by atoms with E-state index < -0.39 is 11.9 Å². The third kappa shape index (κ3) is 4.03. The van der Waals surface area contributed by atoms with Gasteiger partial charge in [0.15, 0.2) is 18.1 Å². The quantitative estimate of drug-likeness (QED) is 0.666. The zero-order valence-corrected chi connectivity index (χ0v) is 15.8. The molecule has 0 unspecified atom stereocenters. The molecule has 0 saturated carbocycles. The molecule has 3 aromatic rings. The highest BCUT2D eigenvalue weighted by molar-refractivity contribution is 5.92. The van der Waals surface area contributed by atoms with Crippen LogP contribution in [0.1, 0.15) is 31.4 Å². The van der Waals surface area contributed by atoms with Crippen LogP contribution in [0, 0.1) is 5.82 Å². The molecule has 1 aliphatic rings. The van der Waals surface area contributed by atoms with Crippen LogP contribution in [0.3, 0.4) is 0 Å². The van der Waals surface area contributed by atoms with Gasteiger partial charge in [-0.2, -0.15) is 4.52 Å². The van der Waals surface area contributed by atoms with Crippen molar-refractivity contribution >= 4 is 29.2 Å². The van der Waals surface area contributed by atoms with Gasteiger partial charge in [0.05, 0.1) is 12.2 Å². The van der Waals surface area contributed by atoms with E-state index >= 15 is 0 Å². The van der Waals surface area contributed by atoms with Crippen molar-refractivity contribution in [3.8, 4) is 0 Å². The maximum Gasteiger partial charge on any atom is 0.303 e. The minimum Gasteiger partial charge on any atom is -0.456 e. The molecule has 1 aromatic carbocycles. The molecule has 8 nitrogen and oxygen atoms in total.